The lowest BCUT2D eigenvalue weighted by Crippen LogP contribution is -2.34. The van der Waals surface area contributed by atoms with Gasteiger partial charge in [-0.05, 0) is 50.6 Å². The number of aromatic amines is 1. The van der Waals surface area contributed by atoms with Crippen LogP contribution in [0.3, 0.4) is 0 Å². The Morgan fingerprint density at radius 2 is 1.70 bits per heavy atom. The van der Waals surface area contributed by atoms with Gasteiger partial charge in [-0.3, -0.25) is 4.90 Å². The summed E-state index contributed by atoms with van der Waals surface area (Å²) in [7, 11) is 0. The molecule has 1 aliphatic heterocycles. The van der Waals surface area contributed by atoms with E-state index in [1.165, 1.54) is 12.8 Å². The fourth-order valence-corrected chi connectivity index (χ4v) is 4.07. The van der Waals surface area contributed by atoms with Crippen LogP contribution in [-0.4, -0.2) is 37.9 Å². The second-order valence-corrected chi connectivity index (χ2v) is 7.46. The maximum atomic E-state index is 4.87. The Labute approximate surface area is 158 Å². The van der Waals surface area contributed by atoms with Crippen molar-refractivity contribution < 1.29 is 0 Å². The van der Waals surface area contributed by atoms with Crippen LogP contribution in [-0.2, 0) is 6.54 Å². The summed E-state index contributed by atoms with van der Waals surface area (Å²) in [4.78, 5) is 20.5. The van der Waals surface area contributed by atoms with E-state index in [-0.39, 0.29) is 0 Å². The van der Waals surface area contributed by atoms with E-state index in [4.69, 9.17) is 15.0 Å². The van der Waals surface area contributed by atoms with Crippen LogP contribution in [0.1, 0.15) is 36.0 Å². The van der Waals surface area contributed by atoms with Crippen molar-refractivity contribution in [1.82, 2.24) is 24.8 Å². The fraction of sp³-hybridized carbons (Fsp3) is 0.318. The van der Waals surface area contributed by atoms with Crippen LogP contribution in [0.4, 0.5) is 0 Å². The molecule has 5 nitrogen and oxygen atoms in total. The summed E-state index contributed by atoms with van der Waals surface area (Å²) in [6.45, 7) is 5.02. The van der Waals surface area contributed by atoms with Gasteiger partial charge in [0, 0.05) is 19.0 Å². The Kier molecular flexibility index (Phi) is 4.09. The zero-order valence-electron chi connectivity index (χ0n) is 15.5. The molecule has 3 heterocycles. The van der Waals surface area contributed by atoms with Crippen molar-refractivity contribution in [3.63, 3.8) is 0 Å². The number of piperidine rings is 1. The van der Waals surface area contributed by atoms with E-state index in [0.717, 1.165) is 58.9 Å². The number of rotatable bonds is 3. The van der Waals surface area contributed by atoms with Crippen molar-refractivity contribution in [2.24, 2.45) is 0 Å². The van der Waals surface area contributed by atoms with Gasteiger partial charge in [-0.2, -0.15) is 0 Å². The van der Waals surface area contributed by atoms with Gasteiger partial charge >= 0.3 is 0 Å². The van der Waals surface area contributed by atoms with Crippen molar-refractivity contribution in [2.75, 3.05) is 13.1 Å². The van der Waals surface area contributed by atoms with Crippen LogP contribution in [0.2, 0.25) is 0 Å². The lowest BCUT2D eigenvalue weighted by molar-refractivity contribution is 0.194. The first kappa shape index (κ1) is 16.4. The van der Waals surface area contributed by atoms with E-state index in [0.29, 0.717) is 5.92 Å². The Morgan fingerprint density at radius 3 is 2.52 bits per heavy atom. The molecule has 1 fully saturated rings. The number of benzene rings is 2. The third kappa shape index (κ3) is 3.19. The van der Waals surface area contributed by atoms with E-state index in [9.17, 15) is 0 Å². The lowest BCUT2D eigenvalue weighted by atomic mass is 9.97. The SMILES string of the molecule is Cc1nc2ccccc2nc1CN1CCCC(c2nc3ccccc3[nH]2)C1. The molecule has 0 amide bonds. The maximum absolute atomic E-state index is 4.87. The summed E-state index contributed by atoms with van der Waals surface area (Å²) in [5.74, 6) is 1.56. The molecule has 2 aromatic carbocycles. The number of imidazole rings is 1. The minimum absolute atomic E-state index is 0.444. The Balaban J connectivity index is 1.37. The molecule has 0 bridgehead atoms. The summed E-state index contributed by atoms with van der Waals surface area (Å²) >= 11 is 0. The number of nitrogens with zero attached hydrogens (tertiary/aromatic N) is 4. The van der Waals surface area contributed by atoms with E-state index in [1.807, 2.05) is 30.3 Å². The maximum Gasteiger partial charge on any atom is 0.111 e. The fourth-order valence-electron chi connectivity index (χ4n) is 4.07. The first-order chi connectivity index (χ1) is 13.3. The van der Waals surface area contributed by atoms with E-state index < -0.39 is 0 Å². The predicted octanol–water partition coefficient (Wildman–Crippen LogP) is 4.19. The van der Waals surface area contributed by atoms with Gasteiger partial charge in [0.15, 0.2) is 0 Å². The number of H-pyrrole nitrogens is 1. The van der Waals surface area contributed by atoms with Gasteiger partial charge < -0.3 is 4.98 Å². The normalized spacial score (nSPS) is 18.3. The molecule has 4 aromatic rings. The molecule has 5 heteroatoms. The summed E-state index contributed by atoms with van der Waals surface area (Å²) in [6.07, 6.45) is 2.36. The standard InChI is InChI=1S/C22H23N5/c1-15-21(24-18-9-3-2-8-17(18)23-15)14-27-12-6-7-16(13-27)22-25-19-10-4-5-11-20(19)26-22/h2-5,8-11,16H,6-7,12-14H2,1H3,(H,25,26). The lowest BCUT2D eigenvalue weighted by Gasteiger charge is -2.31. The van der Waals surface area contributed by atoms with Gasteiger partial charge in [0.05, 0.1) is 33.5 Å². The average molecular weight is 357 g/mol. The summed E-state index contributed by atoms with van der Waals surface area (Å²) < 4.78 is 0. The minimum atomic E-state index is 0.444. The first-order valence-electron chi connectivity index (χ1n) is 9.65. The molecule has 0 spiro atoms. The molecule has 0 aliphatic carbocycles. The van der Waals surface area contributed by atoms with Crippen molar-refractivity contribution in [1.29, 1.82) is 0 Å². The number of hydrogen-bond donors (Lipinski definition) is 1. The van der Waals surface area contributed by atoms with Gasteiger partial charge in [0.25, 0.3) is 0 Å². The molecule has 1 N–H and O–H groups in total. The highest BCUT2D eigenvalue weighted by Crippen LogP contribution is 2.27. The molecular formula is C22H23N5. The molecule has 5 rings (SSSR count). The number of nitrogens with one attached hydrogen (secondary N) is 1. The summed E-state index contributed by atoms with van der Waals surface area (Å²) in [6, 6.07) is 16.4. The second-order valence-electron chi connectivity index (χ2n) is 7.46. The second kappa shape index (κ2) is 6.74. The third-order valence-corrected chi connectivity index (χ3v) is 5.52. The molecular weight excluding hydrogens is 334 g/mol. The van der Waals surface area contributed by atoms with Gasteiger partial charge in [-0.1, -0.05) is 24.3 Å². The largest absolute Gasteiger partial charge is 0.342 e. The Bertz CT molecular complexity index is 1070. The van der Waals surface area contributed by atoms with Crippen molar-refractivity contribution in [3.8, 4) is 0 Å². The van der Waals surface area contributed by atoms with Crippen LogP contribution in [0, 0.1) is 6.92 Å². The highest BCUT2D eigenvalue weighted by molar-refractivity contribution is 5.75. The number of likely N-dealkylation sites (tertiary alicyclic amines) is 1. The van der Waals surface area contributed by atoms with Crippen LogP contribution in [0.5, 0.6) is 0 Å². The molecule has 1 unspecified atom stereocenters. The van der Waals surface area contributed by atoms with Crippen LogP contribution < -0.4 is 0 Å². The van der Waals surface area contributed by atoms with Crippen LogP contribution >= 0.6 is 0 Å². The van der Waals surface area contributed by atoms with E-state index in [1.54, 1.807) is 0 Å². The minimum Gasteiger partial charge on any atom is -0.342 e. The summed E-state index contributed by atoms with van der Waals surface area (Å²) in [5.41, 5.74) is 6.24. The highest BCUT2D eigenvalue weighted by atomic mass is 15.1. The van der Waals surface area contributed by atoms with Crippen molar-refractivity contribution in [2.45, 2.75) is 32.2 Å². The van der Waals surface area contributed by atoms with Gasteiger partial charge in [0.2, 0.25) is 0 Å². The summed E-state index contributed by atoms with van der Waals surface area (Å²) in [5, 5.41) is 0. The molecule has 136 valence electrons. The molecule has 0 radical (unpaired) electrons. The van der Waals surface area contributed by atoms with E-state index >= 15 is 0 Å². The monoisotopic (exact) mass is 357 g/mol. The average Bonchev–Trinajstić information content (AvgIpc) is 3.13. The number of aryl methyl sites for hydroxylation is 1. The predicted molar refractivity (Wildman–Crippen MR) is 108 cm³/mol. The highest BCUT2D eigenvalue weighted by Gasteiger charge is 2.24. The first-order valence-corrected chi connectivity index (χ1v) is 9.65. The molecule has 1 atom stereocenters. The number of aromatic nitrogens is 4. The zero-order valence-corrected chi connectivity index (χ0v) is 15.5. The zero-order chi connectivity index (χ0) is 18.2. The quantitative estimate of drug-likeness (QED) is 0.597. The third-order valence-electron chi connectivity index (χ3n) is 5.52. The molecule has 1 saturated heterocycles. The topological polar surface area (TPSA) is 57.7 Å². The Morgan fingerprint density at radius 1 is 0.963 bits per heavy atom. The van der Waals surface area contributed by atoms with Gasteiger partial charge in [-0.15, -0.1) is 0 Å². The molecule has 2 aromatic heterocycles. The Hall–Kier alpha value is -2.79. The number of hydrogen-bond acceptors (Lipinski definition) is 4. The number of para-hydroxylation sites is 4. The molecule has 0 saturated carbocycles. The smallest absolute Gasteiger partial charge is 0.111 e. The van der Waals surface area contributed by atoms with Crippen molar-refractivity contribution >= 4 is 22.1 Å². The number of fused-ring (bicyclic) bond motifs is 2. The molecule has 27 heavy (non-hydrogen) atoms. The van der Waals surface area contributed by atoms with Crippen LogP contribution in [0.25, 0.3) is 22.1 Å². The molecule has 1 aliphatic rings. The van der Waals surface area contributed by atoms with Gasteiger partial charge in [0.1, 0.15) is 5.82 Å². The van der Waals surface area contributed by atoms with E-state index in [2.05, 4.69) is 35.0 Å². The van der Waals surface area contributed by atoms with Gasteiger partial charge in [-0.25, -0.2) is 15.0 Å². The van der Waals surface area contributed by atoms with Crippen molar-refractivity contribution in [3.05, 3.63) is 65.7 Å². The van der Waals surface area contributed by atoms with Crippen LogP contribution in [0.15, 0.2) is 48.5 Å².